The minimum absolute atomic E-state index is 0. The normalized spacial score (nSPS) is 23.6. The lowest BCUT2D eigenvalue weighted by atomic mass is 9.89. The second-order valence-corrected chi connectivity index (χ2v) is 7.08. The van der Waals surface area contributed by atoms with E-state index in [4.69, 9.17) is 5.73 Å². The van der Waals surface area contributed by atoms with Crippen LogP contribution in [0.5, 0.6) is 0 Å². The van der Waals surface area contributed by atoms with E-state index in [9.17, 15) is 0 Å². The van der Waals surface area contributed by atoms with Crippen molar-refractivity contribution in [3.63, 3.8) is 0 Å². The number of nitrogens with two attached hydrogens (primary N) is 1. The molecule has 0 unspecified atom stereocenters. The summed E-state index contributed by atoms with van der Waals surface area (Å²) < 4.78 is 0. The van der Waals surface area contributed by atoms with Gasteiger partial charge in [-0.25, -0.2) is 0 Å². The van der Waals surface area contributed by atoms with E-state index >= 15 is 0 Å². The first-order chi connectivity index (χ1) is 8.99. The Labute approximate surface area is 130 Å². The number of likely N-dealkylation sites (tertiary alicyclic amines) is 1. The van der Waals surface area contributed by atoms with E-state index in [-0.39, 0.29) is 12.4 Å². The van der Waals surface area contributed by atoms with E-state index in [1.165, 1.54) is 25.1 Å². The highest BCUT2D eigenvalue weighted by atomic mass is 35.5. The van der Waals surface area contributed by atoms with Crippen LogP contribution in [0.3, 0.4) is 0 Å². The van der Waals surface area contributed by atoms with Gasteiger partial charge in [0.2, 0.25) is 0 Å². The van der Waals surface area contributed by atoms with E-state index in [2.05, 4.69) is 56.0 Å². The Hall–Kier alpha value is -0.570. The minimum Gasteiger partial charge on any atom is -0.330 e. The fourth-order valence-corrected chi connectivity index (χ4v) is 2.95. The number of benzene rings is 1. The van der Waals surface area contributed by atoms with E-state index in [1.54, 1.807) is 0 Å². The molecule has 0 bridgehead atoms. The van der Waals surface area contributed by atoms with Gasteiger partial charge in [0.25, 0.3) is 0 Å². The predicted molar refractivity (Wildman–Crippen MR) is 89.5 cm³/mol. The second kappa shape index (κ2) is 7.44. The number of rotatable bonds is 4. The molecular formula is C17H29ClN2. The number of nitrogens with zero attached hydrogens (tertiary/aromatic N) is 1. The molecule has 0 amide bonds. The Bertz CT molecular complexity index is 386. The highest BCUT2D eigenvalue weighted by Gasteiger charge is 2.32. The summed E-state index contributed by atoms with van der Waals surface area (Å²) in [4.78, 5) is 2.60. The maximum atomic E-state index is 5.98. The van der Waals surface area contributed by atoms with Crippen LogP contribution < -0.4 is 5.73 Å². The summed E-state index contributed by atoms with van der Waals surface area (Å²) in [5.41, 5.74) is 7.85. The molecule has 2 N–H and O–H groups in total. The Morgan fingerprint density at radius 2 is 1.80 bits per heavy atom. The van der Waals surface area contributed by atoms with Crippen LogP contribution in [-0.2, 0) is 0 Å². The van der Waals surface area contributed by atoms with Crippen molar-refractivity contribution in [2.24, 2.45) is 17.1 Å². The molecule has 0 radical (unpaired) electrons. The van der Waals surface area contributed by atoms with Crippen molar-refractivity contribution in [3.05, 3.63) is 35.9 Å². The summed E-state index contributed by atoms with van der Waals surface area (Å²) >= 11 is 0. The fourth-order valence-electron chi connectivity index (χ4n) is 2.95. The van der Waals surface area contributed by atoms with E-state index in [0.29, 0.717) is 17.3 Å². The molecule has 2 atom stereocenters. The van der Waals surface area contributed by atoms with Gasteiger partial charge in [0.1, 0.15) is 0 Å². The van der Waals surface area contributed by atoms with Crippen molar-refractivity contribution < 1.29 is 0 Å². The van der Waals surface area contributed by atoms with Gasteiger partial charge in [-0.15, -0.1) is 12.4 Å². The van der Waals surface area contributed by atoms with Gasteiger partial charge in [0, 0.05) is 19.0 Å². The summed E-state index contributed by atoms with van der Waals surface area (Å²) in [5, 5.41) is 0. The van der Waals surface area contributed by atoms with E-state index in [1.807, 2.05) is 0 Å². The maximum absolute atomic E-state index is 5.98. The molecule has 2 rings (SSSR count). The third kappa shape index (κ3) is 4.76. The average Bonchev–Trinajstić information content (AvgIpc) is 2.80. The van der Waals surface area contributed by atoms with Gasteiger partial charge in [-0.05, 0) is 36.4 Å². The quantitative estimate of drug-likeness (QED) is 0.921. The van der Waals surface area contributed by atoms with Gasteiger partial charge in [0.15, 0.2) is 0 Å². The van der Waals surface area contributed by atoms with Crippen molar-refractivity contribution in [2.75, 3.05) is 26.2 Å². The van der Waals surface area contributed by atoms with Gasteiger partial charge >= 0.3 is 0 Å². The van der Waals surface area contributed by atoms with Crippen LogP contribution in [0.1, 0.15) is 38.7 Å². The van der Waals surface area contributed by atoms with Crippen LogP contribution in [-0.4, -0.2) is 31.1 Å². The summed E-state index contributed by atoms with van der Waals surface area (Å²) in [5.74, 6) is 1.23. The lowest BCUT2D eigenvalue weighted by Gasteiger charge is -2.23. The molecule has 20 heavy (non-hydrogen) atoms. The molecule has 3 heteroatoms. The Morgan fingerprint density at radius 1 is 1.15 bits per heavy atom. The zero-order valence-electron chi connectivity index (χ0n) is 13.0. The molecule has 0 spiro atoms. The first-order valence-corrected chi connectivity index (χ1v) is 7.47. The maximum Gasteiger partial charge on any atom is 0.00540 e. The molecule has 1 aromatic rings. The van der Waals surface area contributed by atoms with Crippen molar-refractivity contribution in [1.29, 1.82) is 0 Å². The number of hydrogen-bond acceptors (Lipinski definition) is 2. The van der Waals surface area contributed by atoms with Crippen molar-refractivity contribution >= 4 is 12.4 Å². The van der Waals surface area contributed by atoms with Gasteiger partial charge < -0.3 is 10.6 Å². The van der Waals surface area contributed by atoms with Crippen LogP contribution in [0.15, 0.2) is 30.3 Å². The highest BCUT2D eigenvalue weighted by molar-refractivity contribution is 5.85. The Kier molecular flexibility index (Phi) is 6.50. The third-order valence-corrected chi connectivity index (χ3v) is 4.23. The Morgan fingerprint density at radius 3 is 2.35 bits per heavy atom. The summed E-state index contributed by atoms with van der Waals surface area (Å²) in [7, 11) is 0. The van der Waals surface area contributed by atoms with Gasteiger partial charge in [0.05, 0.1) is 0 Å². The lowest BCUT2D eigenvalue weighted by Crippen LogP contribution is -2.26. The van der Waals surface area contributed by atoms with Gasteiger partial charge in [-0.2, -0.15) is 0 Å². The van der Waals surface area contributed by atoms with Crippen LogP contribution in [0.4, 0.5) is 0 Å². The number of hydrogen-bond donors (Lipinski definition) is 1. The largest absolute Gasteiger partial charge is 0.330 e. The smallest absolute Gasteiger partial charge is 0.00540 e. The highest BCUT2D eigenvalue weighted by Crippen LogP contribution is 2.32. The molecule has 2 nitrogen and oxygen atoms in total. The second-order valence-electron chi connectivity index (χ2n) is 7.08. The standard InChI is InChI=1S/C17H28N2.ClH/c1-17(2,3)9-10-19-12-15(11-18)16(13-19)14-7-5-4-6-8-14;/h4-8,15-16H,9-13,18H2,1-3H3;1H/t15-,16+;/m1./s1. The molecule has 1 aliphatic rings. The van der Waals surface area contributed by atoms with Crippen LogP contribution >= 0.6 is 12.4 Å². The SMILES string of the molecule is CC(C)(C)CCN1C[C@@H](CN)[C@H](c2ccccc2)C1.Cl. The van der Waals surface area contributed by atoms with Crippen molar-refractivity contribution in [2.45, 2.75) is 33.1 Å². The predicted octanol–water partition coefficient (Wildman–Crippen LogP) is 3.52. The topological polar surface area (TPSA) is 29.3 Å². The average molecular weight is 297 g/mol. The van der Waals surface area contributed by atoms with Crippen LogP contribution in [0.25, 0.3) is 0 Å². The molecule has 1 fully saturated rings. The molecule has 0 aliphatic carbocycles. The van der Waals surface area contributed by atoms with E-state index in [0.717, 1.165) is 13.1 Å². The molecule has 0 aromatic heterocycles. The van der Waals surface area contributed by atoms with Crippen molar-refractivity contribution in [1.82, 2.24) is 4.90 Å². The summed E-state index contributed by atoms with van der Waals surface area (Å²) in [6.07, 6.45) is 1.26. The van der Waals surface area contributed by atoms with Crippen molar-refractivity contribution in [3.8, 4) is 0 Å². The van der Waals surface area contributed by atoms with Gasteiger partial charge in [-0.1, -0.05) is 51.1 Å². The third-order valence-electron chi connectivity index (χ3n) is 4.23. The zero-order chi connectivity index (χ0) is 13.9. The van der Waals surface area contributed by atoms with Crippen LogP contribution in [0, 0.1) is 11.3 Å². The van der Waals surface area contributed by atoms with Crippen LogP contribution in [0.2, 0.25) is 0 Å². The fraction of sp³-hybridized carbons (Fsp3) is 0.647. The lowest BCUT2D eigenvalue weighted by molar-refractivity contribution is 0.258. The molecule has 1 saturated heterocycles. The molecule has 1 aliphatic heterocycles. The molecule has 1 heterocycles. The Balaban J connectivity index is 0.00000200. The van der Waals surface area contributed by atoms with Gasteiger partial charge in [-0.3, -0.25) is 0 Å². The zero-order valence-corrected chi connectivity index (χ0v) is 13.8. The molecular weight excluding hydrogens is 268 g/mol. The summed E-state index contributed by atoms with van der Waals surface area (Å²) in [6, 6.07) is 10.9. The minimum atomic E-state index is 0. The summed E-state index contributed by atoms with van der Waals surface area (Å²) in [6.45, 7) is 11.3. The monoisotopic (exact) mass is 296 g/mol. The molecule has 1 aromatic carbocycles. The molecule has 114 valence electrons. The molecule has 0 saturated carbocycles. The first-order valence-electron chi connectivity index (χ1n) is 7.47. The number of halogens is 1. The first kappa shape index (κ1) is 17.5. The van der Waals surface area contributed by atoms with E-state index < -0.39 is 0 Å².